The minimum absolute atomic E-state index is 0.252. The monoisotopic (exact) mass is 275 g/mol. The Balaban J connectivity index is 4.29. The smallest absolute Gasteiger partial charge is 0.0811 e. The van der Waals surface area contributed by atoms with Gasteiger partial charge in [-0.3, -0.25) is 0 Å². The van der Waals surface area contributed by atoms with Crippen molar-refractivity contribution in [3.05, 3.63) is 0 Å². The number of hydrogen-bond acceptors (Lipinski definition) is 1. The standard InChI is InChI=1S/C8H19PS4/c1-7(2)5-13(6-8(3)4)9(10,11)12/h7-8H,5-6H2,1-4H3,(H-,10,11,12)/p+1. The highest BCUT2D eigenvalue weighted by Crippen LogP contribution is 2.63. The van der Waals surface area contributed by atoms with Crippen molar-refractivity contribution < 1.29 is 0 Å². The van der Waals surface area contributed by atoms with E-state index in [0.717, 1.165) is 0 Å². The lowest BCUT2D eigenvalue weighted by Crippen LogP contribution is -2.16. The van der Waals surface area contributed by atoms with Gasteiger partial charge in [-0.1, -0.05) is 52.2 Å². The van der Waals surface area contributed by atoms with Crippen LogP contribution < -0.4 is 0 Å². The highest BCUT2D eigenvalue weighted by atomic mass is 33.5. The Morgan fingerprint density at radius 1 is 1.08 bits per heavy atom. The molecule has 0 bridgehead atoms. The Bertz CT molecular complexity index is 175. The minimum Gasteiger partial charge on any atom is -0.0811 e. The van der Waals surface area contributed by atoms with Crippen molar-refractivity contribution in [1.82, 2.24) is 0 Å². The van der Waals surface area contributed by atoms with Crippen LogP contribution in [0.5, 0.6) is 0 Å². The van der Waals surface area contributed by atoms with Gasteiger partial charge in [0.2, 0.25) is 3.64 Å². The van der Waals surface area contributed by atoms with E-state index in [1.54, 1.807) is 0 Å². The summed E-state index contributed by atoms with van der Waals surface area (Å²) in [5.41, 5.74) is 0. The number of hydrogen-bond donors (Lipinski definition) is 2. The summed E-state index contributed by atoms with van der Waals surface area (Å²) >= 11 is 14.4. The maximum atomic E-state index is 5.40. The fourth-order valence-corrected chi connectivity index (χ4v) is 9.54. The lowest BCUT2D eigenvalue weighted by atomic mass is 10.3. The van der Waals surface area contributed by atoms with Gasteiger partial charge in [-0.25, -0.2) is 0 Å². The molecule has 80 valence electrons. The molecule has 0 aliphatic rings. The molecule has 0 atom stereocenters. The van der Waals surface area contributed by atoms with Crippen molar-refractivity contribution in [2.45, 2.75) is 27.7 Å². The van der Waals surface area contributed by atoms with Crippen LogP contribution in [0.15, 0.2) is 0 Å². The van der Waals surface area contributed by atoms with Crippen molar-refractivity contribution in [2.75, 3.05) is 11.5 Å². The van der Waals surface area contributed by atoms with Crippen molar-refractivity contribution in [2.24, 2.45) is 11.8 Å². The molecular weight excluding hydrogens is 255 g/mol. The Morgan fingerprint density at radius 3 is 1.54 bits per heavy atom. The van der Waals surface area contributed by atoms with Crippen LogP contribution in [0.25, 0.3) is 0 Å². The van der Waals surface area contributed by atoms with Gasteiger partial charge in [0.1, 0.15) is 11.5 Å². The Morgan fingerprint density at radius 2 is 1.38 bits per heavy atom. The summed E-state index contributed by atoms with van der Waals surface area (Å²) in [6.07, 6.45) is 0. The molecule has 0 amide bonds. The lowest BCUT2D eigenvalue weighted by Gasteiger charge is -2.16. The van der Waals surface area contributed by atoms with Crippen LogP contribution in [0, 0.1) is 11.8 Å². The quantitative estimate of drug-likeness (QED) is 0.434. The Kier molecular flexibility index (Phi) is 7.15. The highest BCUT2D eigenvalue weighted by molar-refractivity contribution is 9.16. The second-order valence-corrected chi connectivity index (χ2v) is 20.0. The van der Waals surface area contributed by atoms with Crippen molar-refractivity contribution in [3.63, 3.8) is 0 Å². The molecule has 0 fully saturated rings. The molecule has 0 aromatic heterocycles. The van der Waals surface area contributed by atoms with Gasteiger partial charge in [0.15, 0.2) is 0 Å². The minimum atomic E-state index is -1.63. The summed E-state index contributed by atoms with van der Waals surface area (Å²) in [6.45, 7) is 8.97. The first-order valence-corrected chi connectivity index (χ1v) is 11.7. The molecule has 0 heterocycles. The van der Waals surface area contributed by atoms with Crippen LogP contribution in [0.1, 0.15) is 27.7 Å². The number of rotatable bonds is 5. The van der Waals surface area contributed by atoms with E-state index in [1.165, 1.54) is 11.5 Å². The van der Waals surface area contributed by atoms with E-state index in [0.29, 0.717) is 11.8 Å². The van der Waals surface area contributed by atoms with Crippen LogP contribution in [-0.4, -0.2) is 11.5 Å². The predicted molar refractivity (Wildman–Crippen MR) is 79.0 cm³/mol. The molecule has 13 heavy (non-hydrogen) atoms. The van der Waals surface area contributed by atoms with Gasteiger partial charge in [0.05, 0.1) is 0 Å². The second kappa shape index (κ2) is 6.32. The third-order valence-electron chi connectivity index (χ3n) is 1.39. The average molecular weight is 275 g/mol. The van der Waals surface area contributed by atoms with Crippen molar-refractivity contribution in [1.29, 1.82) is 0 Å². The fourth-order valence-electron chi connectivity index (χ4n) is 1.03. The molecule has 0 unspecified atom stereocenters. The molecule has 0 N–H and O–H groups in total. The van der Waals surface area contributed by atoms with Crippen LogP contribution in [-0.2, 0) is 22.3 Å². The van der Waals surface area contributed by atoms with Gasteiger partial charge in [0, 0.05) is 10.5 Å². The van der Waals surface area contributed by atoms with E-state index < -0.39 is 3.64 Å². The Labute approximate surface area is 101 Å². The molecule has 0 nitrogen and oxygen atoms in total. The fraction of sp³-hybridized carbons (Fsp3) is 1.00. The van der Waals surface area contributed by atoms with Gasteiger partial charge in [-0.05, 0) is 23.6 Å². The molecule has 0 radical (unpaired) electrons. The van der Waals surface area contributed by atoms with Crippen LogP contribution >= 0.6 is 28.1 Å². The van der Waals surface area contributed by atoms with Crippen LogP contribution in [0.4, 0.5) is 0 Å². The molecular formula is C8H20PS4+. The first-order chi connectivity index (χ1) is 5.73. The molecule has 0 saturated heterocycles. The zero-order chi connectivity index (χ0) is 10.6. The third kappa shape index (κ3) is 7.61. The van der Waals surface area contributed by atoms with Gasteiger partial charge in [0.25, 0.3) is 0 Å². The maximum absolute atomic E-state index is 5.40. The Hall–Kier alpha value is 1.70. The van der Waals surface area contributed by atoms with Crippen LogP contribution in [0.2, 0.25) is 0 Å². The van der Waals surface area contributed by atoms with Crippen molar-refractivity contribution >= 4 is 50.5 Å². The summed E-state index contributed by atoms with van der Waals surface area (Å²) in [7, 11) is 0.252. The number of thiol groups is 2. The normalized spacial score (nSPS) is 13.3. The third-order valence-corrected chi connectivity index (χ3v) is 13.1. The van der Waals surface area contributed by atoms with Crippen molar-refractivity contribution in [3.8, 4) is 0 Å². The van der Waals surface area contributed by atoms with E-state index >= 15 is 0 Å². The molecule has 0 saturated carbocycles. The van der Waals surface area contributed by atoms with E-state index in [1.807, 2.05) is 0 Å². The SMILES string of the molecule is CC(C)C[S+](CC(C)C)P(=S)(S)S. The van der Waals surface area contributed by atoms with Gasteiger partial charge < -0.3 is 0 Å². The first-order valence-electron chi connectivity index (χ1n) is 4.47. The molecule has 0 spiro atoms. The maximum Gasteiger partial charge on any atom is 0.240 e. The first kappa shape index (κ1) is 14.7. The van der Waals surface area contributed by atoms with Gasteiger partial charge >= 0.3 is 0 Å². The highest BCUT2D eigenvalue weighted by Gasteiger charge is 2.32. The topological polar surface area (TPSA) is 0 Å². The molecule has 0 rings (SSSR count). The average Bonchev–Trinajstić information content (AvgIpc) is 1.81. The zero-order valence-electron chi connectivity index (χ0n) is 8.73. The van der Waals surface area contributed by atoms with E-state index in [-0.39, 0.29) is 10.5 Å². The second-order valence-electron chi connectivity index (χ2n) is 4.07. The summed E-state index contributed by atoms with van der Waals surface area (Å²) < 4.78 is -1.63. The summed E-state index contributed by atoms with van der Waals surface area (Å²) in [5, 5.41) is 0. The molecule has 0 aromatic rings. The molecule has 5 heteroatoms. The van der Waals surface area contributed by atoms with Crippen LogP contribution in [0.3, 0.4) is 0 Å². The largest absolute Gasteiger partial charge is 0.240 e. The summed E-state index contributed by atoms with van der Waals surface area (Å²) in [6, 6.07) is 0. The summed E-state index contributed by atoms with van der Waals surface area (Å²) in [5.74, 6) is 3.82. The zero-order valence-corrected chi connectivity index (χ0v) is 13.0. The van der Waals surface area contributed by atoms with Gasteiger partial charge in [-0.2, -0.15) is 0 Å². The summed E-state index contributed by atoms with van der Waals surface area (Å²) in [4.78, 5) is 0. The molecule has 0 aliphatic carbocycles. The van der Waals surface area contributed by atoms with E-state index in [4.69, 9.17) is 11.8 Å². The molecule has 0 aromatic carbocycles. The lowest BCUT2D eigenvalue weighted by molar-refractivity contribution is 0.727. The molecule has 0 aliphatic heterocycles. The van der Waals surface area contributed by atoms with E-state index in [2.05, 4.69) is 52.2 Å². The van der Waals surface area contributed by atoms with Gasteiger partial charge in [-0.15, -0.1) is 0 Å². The predicted octanol–water partition coefficient (Wildman–Crippen LogP) is 4.00. The van der Waals surface area contributed by atoms with E-state index in [9.17, 15) is 0 Å².